The lowest BCUT2D eigenvalue weighted by atomic mass is 10.1. The summed E-state index contributed by atoms with van der Waals surface area (Å²) < 4.78 is 5.06. The van der Waals surface area contributed by atoms with E-state index >= 15 is 0 Å². The van der Waals surface area contributed by atoms with Crippen LogP contribution < -0.4 is 5.32 Å². The fraction of sp³-hybridized carbons (Fsp3) is 0.160. The van der Waals surface area contributed by atoms with E-state index in [1.54, 1.807) is 61.8 Å². The molecule has 2 aromatic carbocycles. The maximum atomic E-state index is 12.9. The predicted molar refractivity (Wildman–Crippen MR) is 131 cm³/mol. The number of amides is 1. The fourth-order valence-electron chi connectivity index (χ4n) is 3.36. The number of aromatic amines is 1. The van der Waals surface area contributed by atoms with Gasteiger partial charge in [0.1, 0.15) is 11.9 Å². The lowest BCUT2D eigenvalue weighted by Crippen LogP contribution is -2.42. The third kappa shape index (κ3) is 5.67. The fourth-order valence-corrected chi connectivity index (χ4v) is 4.41. The van der Waals surface area contributed by atoms with Gasteiger partial charge in [-0.25, -0.2) is 14.6 Å². The minimum Gasteiger partial charge on any atom is -0.480 e. The standard InChI is InChI=1S/C25H22N4O5S/c1-2-34-25(33)17-5-3-4-6-21(17)35-14-20(24(31)32)29-23(30)16-7-8-18-19(13-16)28-22(27-18)15-9-11-26-12-10-15/h3-13,20H,2,14H2,1H3,(H,27,28)(H,29,30)(H,31,32)/t20-/m0/s1. The first-order valence-electron chi connectivity index (χ1n) is 10.8. The Hall–Kier alpha value is -4.18. The molecule has 178 valence electrons. The minimum atomic E-state index is -1.18. The Morgan fingerprint density at radius 1 is 1.11 bits per heavy atom. The molecule has 0 aliphatic heterocycles. The Kier molecular flexibility index (Phi) is 7.41. The van der Waals surface area contributed by atoms with Crippen molar-refractivity contribution in [1.82, 2.24) is 20.3 Å². The number of thioether (sulfide) groups is 1. The van der Waals surface area contributed by atoms with Crippen LogP contribution in [0.3, 0.4) is 0 Å². The van der Waals surface area contributed by atoms with Gasteiger partial charge in [0, 0.05) is 34.2 Å². The number of aromatic nitrogens is 3. The molecule has 0 radical (unpaired) electrons. The molecule has 0 bridgehead atoms. The summed E-state index contributed by atoms with van der Waals surface area (Å²) >= 11 is 1.16. The summed E-state index contributed by atoms with van der Waals surface area (Å²) in [5.74, 6) is -1.53. The molecule has 3 N–H and O–H groups in total. The van der Waals surface area contributed by atoms with Gasteiger partial charge >= 0.3 is 11.9 Å². The summed E-state index contributed by atoms with van der Waals surface area (Å²) in [5.41, 5.74) is 2.83. The molecule has 0 fully saturated rings. The van der Waals surface area contributed by atoms with E-state index in [0.717, 1.165) is 17.3 Å². The highest BCUT2D eigenvalue weighted by Crippen LogP contribution is 2.25. The highest BCUT2D eigenvalue weighted by atomic mass is 32.2. The molecule has 4 aromatic rings. The average Bonchev–Trinajstić information content (AvgIpc) is 3.30. The maximum Gasteiger partial charge on any atom is 0.339 e. The molecule has 9 nitrogen and oxygen atoms in total. The van der Waals surface area contributed by atoms with E-state index in [9.17, 15) is 19.5 Å². The Balaban J connectivity index is 1.47. The minimum absolute atomic E-state index is 0.0238. The van der Waals surface area contributed by atoms with Crippen LogP contribution in [0.25, 0.3) is 22.4 Å². The number of rotatable bonds is 9. The zero-order valence-corrected chi connectivity index (χ0v) is 19.5. The Morgan fingerprint density at radius 2 is 1.89 bits per heavy atom. The number of hydrogen-bond donors (Lipinski definition) is 3. The van der Waals surface area contributed by atoms with Crippen LogP contribution in [0.1, 0.15) is 27.6 Å². The second-order valence-corrected chi connectivity index (χ2v) is 8.51. The average molecular weight is 491 g/mol. The SMILES string of the molecule is CCOC(=O)c1ccccc1SC[C@H](NC(=O)c1ccc2nc(-c3ccncc3)[nH]c2c1)C(=O)O. The number of esters is 1. The van der Waals surface area contributed by atoms with Gasteiger partial charge in [0.2, 0.25) is 0 Å². The molecule has 0 unspecified atom stereocenters. The second kappa shape index (κ2) is 10.8. The van der Waals surface area contributed by atoms with Gasteiger partial charge in [-0.05, 0) is 49.4 Å². The Labute approximate surface area is 204 Å². The van der Waals surface area contributed by atoms with Crippen molar-refractivity contribution in [2.24, 2.45) is 0 Å². The molecular formula is C25H22N4O5S. The summed E-state index contributed by atoms with van der Waals surface area (Å²) in [7, 11) is 0. The van der Waals surface area contributed by atoms with Crippen molar-refractivity contribution in [2.45, 2.75) is 17.9 Å². The number of carboxylic acids is 1. The first-order chi connectivity index (χ1) is 17.0. The summed E-state index contributed by atoms with van der Waals surface area (Å²) in [6, 6.07) is 14.2. The summed E-state index contributed by atoms with van der Waals surface area (Å²) in [6.45, 7) is 1.95. The molecule has 1 amide bonds. The molecule has 0 spiro atoms. The van der Waals surface area contributed by atoms with Crippen molar-refractivity contribution in [3.8, 4) is 11.4 Å². The van der Waals surface area contributed by atoms with E-state index in [0.29, 0.717) is 32.9 Å². The highest BCUT2D eigenvalue weighted by molar-refractivity contribution is 7.99. The van der Waals surface area contributed by atoms with Crippen LogP contribution in [-0.4, -0.2) is 56.3 Å². The van der Waals surface area contributed by atoms with Crippen molar-refractivity contribution in [3.63, 3.8) is 0 Å². The monoisotopic (exact) mass is 490 g/mol. The van der Waals surface area contributed by atoms with E-state index < -0.39 is 23.9 Å². The van der Waals surface area contributed by atoms with Gasteiger partial charge < -0.3 is 20.1 Å². The van der Waals surface area contributed by atoms with Crippen LogP contribution in [-0.2, 0) is 9.53 Å². The van der Waals surface area contributed by atoms with E-state index in [4.69, 9.17) is 4.74 Å². The molecular weight excluding hydrogens is 468 g/mol. The quantitative estimate of drug-likeness (QED) is 0.238. The second-order valence-electron chi connectivity index (χ2n) is 7.45. The van der Waals surface area contributed by atoms with E-state index in [2.05, 4.69) is 20.3 Å². The van der Waals surface area contributed by atoms with E-state index in [1.807, 2.05) is 12.1 Å². The van der Waals surface area contributed by atoms with Crippen molar-refractivity contribution in [2.75, 3.05) is 12.4 Å². The number of aliphatic carboxylic acids is 1. The first kappa shape index (κ1) is 24.0. The number of nitrogens with one attached hydrogen (secondary N) is 2. The third-order valence-electron chi connectivity index (χ3n) is 5.09. The van der Waals surface area contributed by atoms with E-state index in [1.165, 1.54) is 0 Å². The van der Waals surface area contributed by atoms with E-state index in [-0.39, 0.29) is 12.4 Å². The number of carbonyl (C=O) groups is 3. The van der Waals surface area contributed by atoms with Crippen molar-refractivity contribution in [1.29, 1.82) is 0 Å². The lowest BCUT2D eigenvalue weighted by Gasteiger charge is -2.15. The molecule has 2 heterocycles. The molecule has 0 saturated heterocycles. The maximum absolute atomic E-state index is 12.9. The van der Waals surface area contributed by atoms with Crippen LogP contribution in [0.4, 0.5) is 0 Å². The van der Waals surface area contributed by atoms with Crippen molar-refractivity contribution >= 4 is 40.6 Å². The van der Waals surface area contributed by atoms with Crippen molar-refractivity contribution in [3.05, 3.63) is 78.1 Å². The highest BCUT2D eigenvalue weighted by Gasteiger charge is 2.23. The number of pyridine rings is 1. The smallest absolute Gasteiger partial charge is 0.339 e. The molecule has 35 heavy (non-hydrogen) atoms. The molecule has 0 aliphatic carbocycles. The van der Waals surface area contributed by atoms with Gasteiger partial charge in [-0.2, -0.15) is 0 Å². The molecule has 4 rings (SSSR count). The lowest BCUT2D eigenvalue weighted by molar-refractivity contribution is -0.138. The first-order valence-corrected chi connectivity index (χ1v) is 11.8. The third-order valence-corrected chi connectivity index (χ3v) is 6.26. The van der Waals surface area contributed by atoms with Crippen LogP contribution in [0, 0.1) is 0 Å². The number of hydrogen-bond acceptors (Lipinski definition) is 7. The number of H-pyrrole nitrogens is 1. The number of ether oxygens (including phenoxy) is 1. The predicted octanol–water partition coefficient (Wildman–Crippen LogP) is 3.78. The van der Waals surface area contributed by atoms with Gasteiger partial charge in [-0.3, -0.25) is 9.78 Å². The molecule has 2 aromatic heterocycles. The largest absolute Gasteiger partial charge is 0.480 e. The Bertz CT molecular complexity index is 1370. The number of nitrogens with zero attached hydrogens (tertiary/aromatic N) is 2. The molecule has 1 atom stereocenters. The van der Waals surface area contributed by atoms with Gasteiger partial charge in [0.15, 0.2) is 0 Å². The number of benzene rings is 2. The molecule has 0 saturated carbocycles. The molecule has 0 aliphatic rings. The summed E-state index contributed by atoms with van der Waals surface area (Å²) in [6.07, 6.45) is 3.33. The molecule has 10 heteroatoms. The van der Waals surface area contributed by atoms with Gasteiger partial charge in [-0.1, -0.05) is 12.1 Å². The van der Waals surface area contributed by atoms with Crippen LogP contribution in [0.15, 0.2) is 71.9 Å². The zero-order valence-electron chi connectivity index (χ0n) is 18.7. The van der Waals surface area contributed by atoms with Crippen molar-refractivity contribution < 1.29 is 24.2 Å². The Morgan fingerprint density at radius 3 is 2.63 bits per heavy atom. The number of fused-ring (bicyclic) bond motifs is 1. The summed E-state index contributed by atoms with van der Waals surface area (Å²) in [4.78, 5) is 49.1. The van der Waals surface area contributed by atoms with Crippen LogP contribution in [0.2, 0.25) is 0 Å². The van der Waals surface area contributed by atoms with Gasteiger partial charge in [0.05, 0.1) is 23.2 Å². The number of carboxylic acid groups (broad SMARTS) is 1. The topological polar surface area (TPSA) is 134 Å². The van der Waals surface area contributed by atoms with Gasteiger partial charge in [-0.15, -0.1) is 11.8 Å². The normalized spacial score (nSPS) is 11.7. The van der Waals surface area contributed by atoms with Crippen LogP contribution in [0.5, 0.6) is 0 Å². The zero-order chi connectivity index (χ0) is 24.8. The number of imidazole rings is 1. The van der Waals surface area contributed by atoms with Crippen LogP contribution >= 0.6 is 11.8 Å². The van der Waals surface area contributed by atoms with Gasteiger partial charge in [0.25, 0.3) is 5.91 Å². The summed E-state index contributed by atoms with van der Waals surface area (Å²) in [5, 5.41) is 12.2. The number of carbonyl (C=O) groups excluding carboxylic acids is 2.